The Labute approximate surface area is 198 Å². The maximum absolute atomic E-state index is 14.9. The fraction of sp³-hybridized carbons (Fsp3) is 0.231. The van der Waals surface area contributed by atoms with Gasteiger partial charge < -0.3 is 19.3 Å². The first-order valence-corrected chi connectivity index (χ1v) is 11.9. The molecule has 1 N–H and O–H groups in total. The molecule has 1 aromatic heterocycles. The summed E-state index contributed by atoms with van der Waals surface area (Å²) in [5, 5.41) is 9.61. The number of halogens is 1. The van der Waals surface area contributed by atoms with Crippen LogP contribution in [0.4, 0.5) is 4.39 Å². The lowest BCUT2D eigenvalue weighted by molar-refractivity contribution is -0.137. The van der Waals surface area contributed by atoms with E-state index in [9.17, 15) is 9.18 Å². The highest BCUT2D eigenvalue weighted by atomic mass is 32.1. The Kier molecular flexibility index (Phi) is 5.10. The Morgan fingerprint density at radius 3 is 2.94 bits per heavy atom. The van der Waals surface area contributed by atoms with Crippen molar-refractivity contribution in [2.24, 2.45) is 0 Å². The second-order valence-electron chi connectivity index (χ2n) is 8.44. The minimum Gasteiger partial charge on any atom is -0.492 e. The average molecular weight is 478 g/mol. The number of hydrogen-bond acceptors (Lipinski definition) is 6. The van der Waals surface area contributed by atoms with Gasteiger partial charge in [0.05, 0.1) is 23.2 Å². The van der Waals surface area contributed by atoms with E-state index in [1.165, 1.54) is 17.4 Å². The molecule has 0 saturated carbocycles. The number of hydrogen-bond donors (Lipinski definition) is 1. The highest BCUT2D eigenvalue weighted by Gasteiger charge is 2.32. The van der Waals surface area contributed by atoms with Crippen molar-refractivity contribution in [2.45, 2.75) is 31.3 Å². The van der Waals surface area contributed by atoms with E-state index < -0.39 is 12.1 Å². The Balaban J connectivity index is 1.24. The highest BCUT2D eigenvalue weighted by molar-refractivity contribution is 7.20. The number of aliphatic carboxylic acids is 1. The standard InChI is InChI=1S/C26H20FNO5S/c27-18-8-10-20(33-26-28-19-3-1-2-4-23(19)34-26)17-7-9-21(25(17)18)32-15-5-6-16-14(11-24(29)30)13-31-22(16)12-15/h1-6,8,10,12,14,21H,7,9,11,13H2,(H,29,30). The summed E-state index contributed by atoms with van der Waals surface area (Å²) in [4.78, 5) is 15.6. The van der Waals surface area contributed by atoms with E-state index in [0.717, 1.165) is 21.3 Å². The van der Waals surface area contributed by atoms with E-state index in [4.69, 9.17) is 19.3 Å². The van der Waals surface area contributed by atoms with E-state index in [1.54, 1.807) is 18.2 Å². The van der Waals surface area contributed by atoms with Gasteiger partial charge in [-0.1, -0.05) is 29.5 Å². The summed E-state index contributed by atoms with van der Waals surface area (Å²) in [6.45, 7) is 0.332. The quantitative estimate of drug-likeness (QED) is 0.354. The molecule has 2 aliphatic rings. The van der Waals surface area contributed by atoms with Crippen LogP contribution in [0.1, 0.15) is 41.6 Å². The van der Waals surface area contributed by atoms with Crippen LogP contribution in [0.2, 0.25) is 0 Å². The van der Waals surface area contributed by atoms with Gasteiger partial charge in [-0.25, -0.2) is 9.37 Å². The molecule has 0 fully saturated rings. The monoisotopic (exact) mass is 477 g/mol. The largest absolute Gasteiger partial charge is 0.492 e. The number of fused-ring (bicyclic) bond motifs is 3. The van der Waals surface area contributed by atoms with Gasteiger partial charge in [-0.15, -0.1) is 0 Å². The van der Waals surface area contributed by atoms with Crippen LogP contribution in [0.15, 0.2) is 54.6 Å². The number of para-hydroxylation sites is 1. The van der Waals surface area contributed by atoms with Gasteiger partial charge in [-0.05, 0) is 43.2 Å². The Morgan fingerprint density at radius 2 is 2.09 bits per heavy atom. The van der Waals surface area contributed by atoms with Crippen molar-refractivity contribution < 1.29 is 28.5 Å². The third-order valence-electron chi connectivity index (χ3n) is 6.28. The molecule has 0 amide bonds. The predicted molar refractivity (Wildman–Crippen MR) is 125 cm³/mol. The molecule has 0 radical (unpaired) electrons. The minimum absolute atomic E-state index is 0.0197. The number of rotatable bonds is 6. The second-order valence-corrected chi connectivity index (χ2v) is 9.43. The van der Waals surface area contributed by atoms with Crippen molar-refractivity contribution in [2.75, 3.05) is 6.61 Å². The summed E-state index contributed by atoms with van der Waals surface area (Å²) in [6, 6.07) is 16.3. The molecule has 3 aromatic carbocycles. The van der Waals surface area contributed by atoms with Gasteiger partial charge in [0.25, 0.3) is 5.19 Å². The van der Waals surface area contributed by atoms with Crippen molar-refractivity contribution in [3.8, 4) is 22.4 Å². The maximum Gasteiger partial charge on any atom is 0.304 e. The zero-order chi connectivity index (χ0) is 23.2. The molecule has 172 valence electrons. The van der Waals surface area contributed by atoms with Gasteiger partial charge in [0.2, 0.25) is 0 Å². The van der Waals surface area contributed by atoms with Crippen LogP contribution in [-0.4, -0.2) is 22.7 Å². The van der Waals surface area contributed by atoms with Gasteiger partial charge in [0, 0.05) is 28.7 Å². The molecule has 2 unspecified atom stereocenters. The Hall–Kier alpha value is -3.65. The summed E-state index contributed by atoms with van der Waals surface area (Å²) in [5.41, 5.74) is 3.03. The molecule has 1 aliphatic heterocycles. The average Bonchev–Trinajstić information content (AvgIpc) is 3.53. The fourth-order valence-corrected chi connectivity index (χ4v) is 5.55. The van der Waals surface area contributed by atoms with E-state index in [2.05, 4.69) is 4.98 Å². The van der Waals surface area contributed by atoms with Crippen molar-refractivity contribution in [3.05, 3.63) is 77.1 Å². The lowest BCUT2D eigenvalue weighted by atomic mass is 9.98. The molecule has 6 nitrogen and oxygen atoms in total. The number of carbonyl (C=O) groups is 1. The number of carboxylic acid groups (broad SMARTS) is 1. The molecule has 4 aromatic rings. The number of thiazole rings is 1. The van der Waals surface area contributed by atoms with Crippen LogP contribution in [0.5, 0.6) is 22.4 Å². The number of carboxylic acids is 1. The molecule has 2 atom stereocenters. The molecule has 8 heteroatoms. The Morgan fingerprint density at radius 1 is 1.21 bits per heavy atom. The second kappa shape index (κ2) is 8.29. The van der Waals surface area contributed by atoms with Crippen molar-refractivity contribution in [3.63, 3.8) is 0 Å². The fourth-order valence-electron chi connectivity index (χ4n) is 4.72. The zero-order valence-corrected chi connectivity index (χ0v) is 18.8. The summed E-state index contributed by atoms with van der Waals surface area (Å²) in [5.74, 6) is 0.417. The molecule has 0 bridgehead atoms. The molecule has 6 rings (SSSR count). The Bertz CT molecular complexity index is 1380. The number of benzene rings is 3. The first kappa shape index (κ1) is 20.9. The van der Waals surface area contributed by atoms with Crippen molar-refractivity contribution in [1.29, 1.82) is 0 Å². The highest BCUT2D eigenvalue weighted by Crippen LogP contribution is 2.45. The van der Waals surface area contributed by atoms with Crippen LogP contribution in [0.25, 0.3) is 10.2 Å². The molecule has 0 spiro atoms. The smallest absolute Gasteiger partial charge is 0.304 e. The van der Waals surface area contributed by atoms with Gasteiger partial charge in [0.1, 0.15) is 29.2 Å². The third-order valence-corrected chi connectivity index (χ3v) is 7.19. The molecule has 0 saturated heterocycles. The SMILES string of the molecule is O=C(O)CC1COc2cc(OC3CCc4c(Oc5nc6ccccc6s5)ccc(F)c43)ccc21. The molecular formula is C26H20FNO5S. The predicted octanol–water partition coefficient (Wildman–Crippen LogP) is 6.24. The van der Waals surface area contributed by atoms with Crippen LogP contribution in [0, 0.1) is 5.82 Å². The number of nitrogens with zero attached hydrogens (tertiary/aromatic N) is 1. The molecule has 2 heterocycles. The van der Waals surface area contributed by atoms with Gasteiger partial charge in [-0.2, -0.15) is 0 Å². The van der Waals surface area contributed by atoms with E-state index in [-0.39, 0.29) is 18.2 Å². The number of ether oxygens (including phenoxy) is 3. The van der Waals surface area contributed by atoms with Crippen molar-refractivity contribution >= 4 is 27.5 Å². The van der Waals surface area contributed by atoms with Gasteiger partial charge in [-0.3, -0.25) is 4.79 Å². The minimum atomic E-state index is -0.858. The molecule has 1 aliphatic carbocycles. The van der Waals surface area contributed by atoms with E-state index in [1.807, 2.05) is 30.3 Å². The molecule has 34 heavy (non-hydrogen) atoms. The van der Waals surface area contributed by atoms with Crippen molar-refractivity contribution in [1.82, 2.24) is 4.98 Å². The zero-order valence-electron chi connectivity index (χ0n) is 18.0. The van der Waals surface area contributed by atoms with E-state index in [0.29, 0.717) is 47.5 Å². The lowest BCUT2D eigenvalue weighted by Gasteiger charge is -2.17. The van der Waals surface area contributed by atoms with Gasteiger partial charge >= 0.3 is 5.97 Å². The van der Waals surface area contributed by atoms with Gasteiger partial charge in [0.15, 0.2) is 0 Å². The molecular weight excluding hydrogens is 457 g/mol. The van der Waals surface area contributed by atoms with E-state index >= 15 is 0 Å². The first-order chi connectivity index (χ1) is 16.5. The summed E-state index contributed by atoms with van der Waals surface area (Å²) in [6.07, 6.45) is 0.807. The summed E-state index contributed by atoms with van der Waals surface area (Å²) in [7, 11) is 0. The topological polar surface area (TPSA) is 77.9 Å². The van der Waals surface area contributed by atoms with Crippen LogP contribution in [-0.2, 0) is 11.2 Å². The normalized spacial score (nSPS) is 18.4. The van der Waals surface area contributed by atoms with Crippen LogP contribution >= 0.6 is 11.3 Å². The maximum atomic E-state index is 14.9. The van der Waals surface area contributed by atoms with Crippen LogP contribution in [0.3, 0.4) is 0 Å². The third kappa shape index (κ3) is 3.74. The first-order valence-electron chi connectivity index (χ1n) is 11.0. The summed E-state index contributed by atoms with van der Waals surface area (Å²) < 4.78 is 33.9. The summed E-state index contributed by atoms with van der Waals surface area (Å²) >= 11 is 1.45. The van der Waals surface area contributed by atoms with Crippen LogP contribution < -0.4 is 14.2 Å². The lowest BCUT2D eigenvalue weighted by Crippen LogP contribution is -2.07. The number of aromatic nitrogens is 1.